The molecule has 1 N–H and O–H groups in total. The molecule has 3 heterocycles. The van der Waals surface area contributed by atoms with Gasteiger partial charge in [0, 0.05) is 28.5 Å². The number of amidine groups is 2. The fourth-order valence-electron chi connectivity index (χ4n) is 4.08. The lowest BCUT2D eigenvalue weighted by Crippen LogP contribution is -2.35. The summed E-state index contributed by atoms with van der Waals surface area (Å²) in [6.07, 6.45) is 2.36. The number of hydrogen-bond donors (Lipinski definition) is 1. The molecule has 0 aliphatic carbocycles. The molecule has 5 rings (SSSR count). The Bertz CT molecular complexity index is 1430. The van der Waals surface area contributed by atoms with Crippen LogP contribution in [0.25, 0.3) is 11.8 Å². The first-order chi connectivity index (χ1) is 16.3. The lowest BCUT2D eigenvalue weighted by Gasteiger charge is -2.20. The van der Waals surface area contributed by atoms with Crippen molar-refractivity contribution >= 4 is 51.4 Å². The van der Waals surface area contributed by atoms with E-state index in [9.17, 15) is 4.79 Å². The van der Waals surface area contributed by atoms with Gasteiger partial charge >= 0.3 is 0 Å². The van der Waals surface area contributed by atoms with Crippen LogP contribution in [-0.2, 0) is 11.2 Å². The highest BCUT2D eigenvalue weighted by atomic mass is 35.5. The lowest BCUT2D eigenvalue weighted by molar-refractivity contribution is -0.114. The number of nitrogens with zero attached hydrogens (tertiary/aromatic N) is 4. The Labute approximate surface area is 207 Å². The van der Waals surface area contributed by atoms with E-state index in [1.807, 2.05) is 75.4 Å². The third kappa shape index (κ3) is 4.02. The molecule has 0 spiro atoms. The minimum absolute atomic E-state index is 0.0359. The first-order valence-electron chi connectivity index (χ1n) is 10.8. The van der Waals surface area contributed by atoms with E-state index < -0.39 is 5.91 Å². The Morgan fingerprint density at radius 3 is 2.59 bits per heavy atom. The number of rotatable bonds is 4. The third-order valence-corrected chi connectivity index (χ3v) is 7.19. The monoisotopic (exact) mass is 487 g/mol. The molecule has 0 radical (unpaired) electrons. The van der Waals surface area contributed by atoms with Crippen molar-refractivity contribution in [1.82, 2.24) is 9.58 Å². The number of aryl methyl sites for hydroxylation is 2. The number of hydrazone groups is 1. The van der Waals surface area contributed by atoms with Crippen molar-refractivity contribution in [1.29, 1.82) is 5.41 Å². The van der Waals surface area contributed by atoms with Gasteiger partial charge in [-0.3, -0.25) is 10.2 Å². The van der Waals surface area contributed by atoms with E-state index in [1.54, 1.807) is 6.08 Å². The van der Waals surface area contributed by atoms with Crippen molar-refractivity contribution < 1.29 is 4.79 Å². The molecule has 6 nitrogen and oxygen atoms in total. The van der Waals surface area contributed by atoms with Crippen LogP contribution in [0.3, 0.4) is 0 Å². The van der Waals surface area contributed by atoms with Crippen LogP contribution in [0, 0.1) is 26.2 Å². The van der Waals surface area contributed by atoms with Crippen LogP contribution in [0.15, 0.2) is 70.3 Å². The molecule has 0 saturated heterocycles. The number of fused-ring (bicyclic) bond motifs is 1. The molecule has 0 saturated carbocycles. The highest BCUT2D eigenvalue weighted by Crippen LogP contribution is 2.31. The van der Waals surface area contributed by atoms with Crippen LogP contribution in [0.1, 0.15) is 28.1 Å². The Kier molecular flexibility index (Phi) is 5.75. The molecule has 0 atom stereocenters. The molecule has 0 fully saturated rings. The van der Waals surface area contributed by atoms with Gasteiger partial charge in [0.25, 0.3) is 5.91 Å². The van der Waals surface area contributed by atoms with E-state index in [2.05, 4.69) is 14.7 Å². The summed E-state index contributed by atoms with van der Waals surface area (Å²) in [5.41, 5.74) is 6.10. The summed E-state index contributed by atoms with van der Waals surface area (Å²) in [4.78, 5) is 17.1. The molecule has 1 aromatic heterocycles. The van der Waals surface area contributed by atoms with Crippen LogP contribution in [0.5, 0.6) is 0 Å². The zero-order valence-electron chi connectivity index (χ0n) is 19.0. The minimum atomic E-state index is -0.428. The number of nitrogens with one attached hydrogen (secondary N) is 1. The zero-order valence-corrected chi connectivity index (χ0v) is 20.5. The van der Waals surface area contributed by atoms with Crippen LogP contribution in [-0.4, -0.2) is 31.5 Å². The lowest BCUT2D eigenvalue weighted by atomic mass is 10.1. The van der Waals surface area contributed by atoms with Gasteiger partial charge in [-0.15, -0.1) is 0 Å². The molecular weight excluding hydrogens is 466 g/mol. The predicted molar refractivity (Wildman–Crippen MR) is 140 cm³/mol. The van der Waals surface area contributed by atoms with Gasteiger partial charge in [0.2, 0.25) is 5.17 Å². The van der Waals surface area contributed by atoms with Gasteiger partial charge in [-0.05, 0) is 73.5 Å². The average molecular weight is 488 g/mol. The fraction of sp³-hybridized carbons (Fsp3) is 0.154. The normalized spacial score (nSPS) is 16.7. The molecule has 2 aliphatic rings. The number of amides is 1. The van der Waals surface area contributed by atoms with Crippen LogP contribution >= 0.6 is 23.4 Å². The first-order valence-corrected chi connectivity index (χ1v) is 12.0. The SMILES string of the molecule is Cc1ccc(-n2c(C)cc(/C=C3\C(=N)N4N=C(Cc5ccccc5)SC4=NC3=O)c2C)cc1Cl. The maximum Gasteiger partial charge on any atom is 0.283 e. The maximum absolute atomic E-state index is 12.9. The summed E-state index contributed by atoms with van der Waals surface area (Å²) in [5.74, 6) is -0.392. The maximum atomic E-state index is 12.9. The quantitative estimate of drug-likeness (QED) is 0.464. The molecule has 8 heteroatoms. The van der Waals surface area contributed by atoms with Crippen molar-refractivity contribution in [3.63, 3.8) is 0 Å². The number of carbonyl (C=O) groups is 1. The van der Waals surface area contributed by atoms with Crippen molar-refractivity contribution in [2.24, 2.45) is 10.1 Å². The van der Waals surface area contributed by atoms with Gasteiger partial charge < -0.3 is 4.57 Å². The Morgan fingerprint density at radius 2 is 1.85 bits per heavy atom. The number of aliphatic imine (C=N–C) groups is 1. The van der Waals surface area contributed by atoms with E-state index >= 15 is 0 Å². The Hall–Kier alpha value is -3.42. The Balaban J connectivity index is 1.47. The summed E-state index contributed by atoms with van der Waals surface area (Å²) < 4.78 is 2.09. The number of carbonyl (C=O) groups excluding carboxylic acids is 1. The van der Waals surface area contributed by atoms with E-state index in [4.69, 9.17) is 17.0 Å². The van der Waals surface area contributed by atoms with Crippen LogP contribution < -0.4 is 0 Å². The number of thioether (sulfide) groups is 1. The highest BCUT2D eigenvalue weighted by Gasteiger charge is 2.35. The van der Waals surface area contributed by atoms with Crippen LogP contribution in [0.4, 0.5) is 0 Å². The molecule has 1 amide bonds. The molecule has 0 bridgehead atoms. The molecule has 170 valence electrons. The molecule has 2 aliphatic heterocycles. The molecular formula is C26H22ClN5OS. The van der Waals surface area contributed by atoms with Crippen molar-refractivity contribution in [3.8, 4) is 5.69 Å². The molecule has 3 aromatic rings. The smallest absolute Gasteiger partial charge is 0.283 e. The van der Waals surface area contributed by atoms with Crippen molar-refractivity contribution in [2.45, 2.75) is 27.2 Å². The van der Waals surface area contributed by atoms with Crippen LogP contribution in [0.2, 0.25) is 5.02 Å². The minimum Gasteiger partial charge on any atom is -0.318 e. The van der Waals surface area contributed by atoms with Gasteiger partial charge in [0.15, 0.2) is 5.84 Å². The summed E-state index contributed by atoms with van der Waals surface area (Å²) in [6.45, 7) is 5.96. The van der Waals surface area contributed by atoms with E-state index in [-0.39, 0.29) is 11.4 Å². The van der Waals surface area contributed by atoms with E-state index in [0.29, 0.717) is 16.6 Å². The summed E-state index contributed by atoms with van der Waals surface area (Å²) in [6, 6.07) is 17.9. The number of hydrogen-bond acceptors (Lipinski definition) is 4. The molecule has 2 aromatic carbocycles. The fourth-order valence-corrected chi connectivity index (χ4v) is 5.18. The Morgan fingerprint density at radius 1 is 1.09 bits per heavy atom. The summed E-state index contributed by atoms with van der Waals surface area (Å²) >= 11 is 7.69. The first kappa shape index (κ1) is 22.4. The van der Waals surface area contributed by atoms with E-state index in [1.165, 1.54) is 16.8 Å². The topological polar surface area (TPSA) is 73.8 Å². The average Bonchev–Trinajstić information content (AvgIpc) is 3.33. The zero-order chi connectivity index (χ0) is 24.0. The second-order valence-electron chi connectivity index (χ2n) is 8.27. The molecule has 34 heavy (non-hydrogen) atoms. The van der Waals surface area contributed by atoms with Gasteiger partial charge in [0.05, 0.1) is 5.57 Å². The standard InChI is InChI=1S/C26H22ClN5OS/c1-15-9-10-20(14-22(15)27)31-16(2)11-19(17(31)3)13-21-24(28)32-26(29-25(21)33)34-23(30-32)12-18-7-5-4-6-8-18/h4-11,13-14,28H,12H2,1-3H3/b21-13+,28-24?. The molecule has 0 unspecified atom stereocenters. The van der Waals surface area contributed by atoms with Crippen molar-refractivity contribution in [3.05, 3.63) is 93.3 Å². The van der Waals surface area contributed by atoms with Gasteiger partial charge in [-0.2, -0.15) is 15.1 Å². The third-order valence-electron chi connectivity index (χ3n) is 5.88. The predicted octanol–water partition coefficient (Wildman–Crippen LogP) is 5.92. The largest absolute Gasteiger partial charge is 0.318 e. The summed E-state index contributed by atoms with van der Waals surface area (Å²) in [7, 11) is 0. The number of aromatic nitrogens is 1. The van der Waals surface area contributed by atoms with E-state index in [0.717, 1.165) is 38.8 Å². The highest BCUT2D eigenvalue weighted by molar-refractivity contribution is 8.26. The van der Waals surface area contributed by atoms with Gasteiger partial charge in [-0.25, -0.2) is 0 Å². The van der Waals surface area contributed by atoms with Gasteiger partial charge in [-0.1, -0.05) is 48.0 Å². The van der Waals surface area contributed by atoms with Crippen molar-refractivity contribution in [2.75, 3.05) is 0 Å². The second-order valence-corrected chi connectivity index (χ2v) is 9.72. The number of benzene rings is 2. The van der Waals surface area contributed by atoms with Gasteiger partial charge in [0.1, 0.15) is 5.04 Å². The number of halogens is 1. The summed E-state index contributed by atoms with van der Waals surface area (Å²) in [5, 5.41) is 16.6. The second kappa shape index (κ2) is 8.74.